The van der Waals surface area contributed by atoms with Gasteiger partial charge in [-0.05, 0) is 19.4 Å². The lowest BCUT2D eigenvalue weighted by Crippen LogP contribution is -2.33. The second-order valence-electron chi connectivity index (χ2n) is 5.57. The molecule has 1 N–H and O–H groups in total. The van der Waals surface area contributed by atoms with E-state index in [1.807, 2.05) is 13.8 Å². The van der Waals surface area contributed by atoms with Crippen molar-refractivity contribution in [3.8, 4) is 0 Å². The number of likely N-dealkylation sites (tertiary alicyclic amines) is 1. The Hall–Kier alpha value is -1.87. The summed E-state index contributed by atoms with van der Waals surface area (Å²) in [7, 11) is 0. The molecule has 0 radical (unpaired) electrons. The summed E-state index contributed by atoms with van der Waals surface area (Å²) in [5.41, 5.74) is 1.58. The van der Waals surface area contributed by atoms with Crippen LogP contribution in [0.5, 0.6) is 0 Å². The molecular weight excluding hydrogens is 304 g/mol. The van der Waals surface area contributed by atoms with E-state index in [-0.39, 0.29) is 24.4 Å². The van der Waals surface area contributed by atoms with Crippen molar-refractivity contribution in [1.82, 2.24) is 25.2 Å². The predicted octanol–water partition coefficient (Wildman–Crippen LogP) is 1.82. The minimum Gasteiger partial charge on any atom is -0.339 e. The molecule has 2 aromatic heterocycles. The lowest BCUT2D eigenvalue weighted by molar-refractivity contribution is -0.117. The standard InChI is InChI=1S/C13H18N6O2S/c1-8(2)12-16-11(18-21-12)9-4-3-5-19(9)6-10(20)15-13-17-14-7-22-13/h7-9H,3-6H2,1-2H3,(H,15,17,20)/t9-/m1/s1. The summed E-state index contributed by atoms with van der Waals surface area (Å²) in [6.07, 6.45) is 1.95. The number of hydrogen-bond donors (Lipinski definition) is 1. The normalized spacial score (nSPS) is 19.0. The van der Waals surface area contributed by atoms with Gasteiger partial charge in [0.2, 0.25) is 16.9 Å². The molecule has 0 aliphatic carbocycles. The van der Waals surface area contributed by atoms with Crippen molar-refractivity contribution < 1.29 is 9.32 Å². The van der Waals surface area contributed by atoms with Crippen LogP contribution in [0.15, 0.2) is 10.0 Å². The first kappa shape index (κ1) is 15.0. The maximum absolute atomic E-state index is 12.1. The summed E-state index contributed by atoms with van der Waals surface area (Å²) in [6, 6.07) is 0.0384. The van der Waals surface area contributed by atoms with E-state index < -0.39 is 0 Å². The Bertz CT molecular complexity index is 626. The van der Waals surface area contributed by atoms with Gasteiger partial charge in [-0.25, -0.2) is 0 Å². The number of hydrogen-bond acceptors (Lipinski definition) is 8. The quantitative estimate of drug-likeness (QED) is 0.896. The number of carbonyl (C=O) groups excluding carboxylic acids is 1. The van der Waals surface area contributed by atoms with Gasteiger partial charge >= 0.3 is 0 Å². The molecule has 0 aromatic carbocycles. The van der Waals surface area contributed by atoms with E-state index >= 15 is 0 Å². The molecule has 0 spiro atoms. The molecule has 3 rings (SSSR count). The van der Waals surface area contributed by atoms with Gasteiger partial charge in [0.25, 0.3) is 0 Å². The van der Waals surface area contributed by atoms with Crippen LogP contribution in [-0.2, 0) is 4.79 Å². The lowest BCUT2D eigenvalue weighted by Gasteiger charge is -2.20. The highest BCUT2D eigenvalue weighted by Crippen LogP contribution is 2.30. The molecule has 2 aromatic rings. The molecule has 0 bridgehead atoms. The number of carbonyl (C=O) groups is 1. The number of amides is 1. The zero-order chi connectivity index (χ0) is 15.5. The molecule has 8 nitrogen and oxygen atoms in total. The van der Waals surface area contributed by atoms with Crippen LogP contribution in [0, 0.1) is 0 Å². The van der Waals surface area contributed by atoms with Crippen molar-refractivity contribution in [1.29, 1.82) is 0 Å². The molecule has 0 unspecified atom stereocenters. The van der Waals surface area contributed by atoms with Crippen molar-refractivity contribution >= 4 is 22.4 Å². The van der Waals surface area contributed by atoms with Gasteiger partial charge in [-0.1, -0.05) is 30.3 Å². The van der Waals surface area contributed by atoms with E-state index in [4.69, 9.17) is 4.52 Å². The van der Waals surface area contributed by atoms with Crippen LogP contribution in [0.3, 0.4) is 0 Å². The maximum atomic E-state index is 12.1. The fraction of sp³-hybridized carbons (Fsp3) is 0.615. The van der Waals surface area contributed by atoms with Gasteiger partial charge in [-0.2, -0.15) is 4.98 Å². The number of anilines is 1. The van der Waals surface area contributed by atoms with Gasteiger partial charge in [0.05, 0.1) is 12.6 Å². The smallest absolute Gasteiger partial charge is 0.240 e. The molecule has 9 heteroatoms. The van der Waals surface area contributed by atoms with Crippen LogP contribution in [0.2, 0.25) is 0 Å². The van der Waals surface area contributed by atoms with Gasteiger partial charge in [-0.3, -0.25) is 15.0 Å². The Morgan fingerprint density at radius 1 is 1.59 bits per heavy atom. The third-order valence-corrected chi connectivity index (χ3v) is 4.17. The molecule has 1 saturated heterocycles. The predicted molar refractivity (Wildman–Crippen MR) is 80.5 cm³/mol. The third kappa shape index (κ3) is 3.30. The van der Waals surface area contributed by atoms with E-state index in [9.17, 15) is 4.79 Å². The highest BCUT2D eigenvalue weighted by Gasteiger charge is 2.31. The van der Waals surface area contributed by atoms with Crippen molar-refractivity contribution in [3.05, 3.63) is 17.2 Å². The van der Waals surface area contributed by atoms with Crippen LogP contribution in [0.4, 0.5) is 5.13 Å². The molecule has 118 valence electrons. The Kier molecular flexibility index (Phi) is 4.44. The Balaban J connectivity index is 1.63. The first-order valence-electron chi connectivity index (χ1n) is 7.27. The van der Waals surface area contributed by atoms with Gasteiger partial charge in [-0.15, -0.1) is 10.2 Å². The second kappa shape index (κ2) is 6.49. The van der Waals surface area contributed by atoms with Crippen LogP contribution < -0.4 is 5.32 Å². The average molecular weight is 322 g/mol. The van der Waals surface area contributed by atoms with E-state index in [2.05, 4.69) is 30.6 Å². The maximum Gasteiger partial charge on any atom is 0.240 e. The Labute approximate surface area is 131 Å². The summed E-state index contributed by atoms with van der Waals surface area (Å²) < 4.78 is 5.27. The van der Waals surface area contributed by atoms with Crippen molar-refractivity contribution in [2.24, 2.45) is 0 Å². The minimum atomic E-state index is -0.101. The first-order valence-corrected chi connectivity index (χ1v) is 8.15. The molecule has 22 heavy (non-hydrogen) atoms. The van der Waals surface area contributed by atoms with E-state index in [1.165, 1.54) is 11.3 Å². The first-order chi connectivity index (χ1) is 10.6. The molecule has 3 heterocycles. The average Bonchev–Trinajstić information content (AvgIpc) is 3.18. The number of nitrogens with one attached hydrogen (secondary N) is 1. The van der Waals surface area contributed by atoms with Gasteiger partial charge in [0.1, 0.15) is 5.51 Å². The van der Waals surface area contributed by atoms with Crippen LogP contribution in [-0.4, -0.2) is 44.2 Å². The third-order valence-electron chi connectivity index (χ3n) is 3.57. The minimum absolute atomic E-state index is 0.0384. The summed E-state index contributed by atoms with van der Waals surface area (Å²) in [4.78, 5) is 18.6. The summed E-state index contributed by atoms with van der Waals surface area (Å²) >= 11 is 1.30. The fourth-order valence-electron chi connectivity index (χ4n) is 2.50. The van der Waals surface area contributed by atoms with Gasteiger partial charge < -0.3 is 4.52 Å². The number of aromatic nitrogens is 4. The second-order valence-corrected chi connectivity index (χ2v) is 6.40. The fourth-order valence-corrected chi connectivity index (χ4v) is 2.96. The van der Waals surface area contributed by atoms with Crippen molar-refractivity contribution in [2.75, 3.05) is 18.4 Å². The van der Waals surface area contributed by atoms with Gasteiger partial charge in [0, 0.05) is 5.92 Å². The molecule has 1 atom stereocenters. The molecule has 1 aliphatic rings. The topological polar surface area (TPSA) is 97.0 Å². The van der Waals surface area contributed by atoms with Crippen molar-refractivity contribution in [2.45, 2.75) is 38.6 Å². The van der Waals surface area contributed by atoms with Crippen LogP contribution in [0.1, 0.15) is 50.4 Å². The summed E-state index contributed by atoms with van der Waals surface area (Å²) in [6.45, 7) is 5.16. The lowest BCUT2D eigenvalue weighted by atomic mass is 10.2. The molecular formula is C13H18N6O2S. The molecule has 1 amide bonds. The molecule has 0 saturated carbocycles. The van der Waals surface area contributed by atoms with E-state index in [0.29, 0.717) is 16.8 Å². The number of rotatable bonds is 5. The van der Waals surface area contributed by atoms with Crippen molar-refractivity contribution in [3.63, 3.8) is 0 Å². The molecule has 1 fully saturated rings. The highest BCUT2D eigenvalue weighted by atomic mass is 32.1. The van der Waals surface area contributed by atoms with Crippen LogP contribution >= 0.6 is 11.3 Å². The largest absolute Gasteiger partial charge is 0.339 e. The molecule has 1 aliphatic heterocycles. The monoisotopic (exact) mass is 322 g/mol. The number of nitrogens with zero attached hydrogens (tertiary/aromatic N) is 5. The summed E-state index contributed by atoms with van der Waals surface area (Å²) in [5, 5.41) is 14.8. The van der Waals surface area contributed by atoms with E-state index in [0.717, 1.165) is 19.4 Å². The van der Waals surface area contributed by atoms with E-state index in [1.54, 1.807) is 5.51 Å². The Morgan fingerprint density at radius 2 is 2.45 bits per heavy atom. The zero-order valence-corrected chi connectivity index (χ0v) is 13.3. The highest BCUT2D eigenvalue weighted by molar-refractivity contribution is 7.13. The zero-order valence-electron chi connectivity index (χ0n) is 12.5. The summed E-state index contributed by atoms with van der Waals surface area (Å²) in [5.74, 6) is 1.41. The van der Waals surface area contributed by atoms with Gasteiger partial charge in [0.15, 0.2) is 5.82 Å². The van der Waals surface area contributed by atoms with Crippen LogP contribution in [0.25, 0.3) is 0 Å². The Morgan fingerprint density at radius 3 is 3.14 bits per heavy atom. The SMILES string of the molecule is CC(C)c1nc([C@H]2CCCN2CC(=O)Nc2nncs2)no1.